The lowest BCUT2D eigenvalue weighted by Gasteiger charge is -2.04. The zero-order chi connectivity index (χ0) is 10.6. The highest BCUT2D eigenvalue weighted by Crippen LogP contribution is 2.17. The Morgan fingerprint density at radius 2 is 2.14 bits per heavy atom. The van der Waals surface area contributed by atoms with Crippen molar-refractivity contribution in [1.82, 2.24) is 0 Å². The molecule has 1 aromatic carbocycles. The maximum absolute atomic E-state index is 12.9. The molecule has 0 spiro atoms. The predicted octanol–water partition coefficient (Wildman–Crippen LogP) is 0.905. The Morgan fingerprint density at radius 3 is 2.71 bits per heavy atom. The summed E-state index contributed by atoms with van der Waals surface area (Å²) in [6, 6.07) is 2.75. The van der Waals surface area contributed by atoms with E-state index in [1.54, 1.807) is 0 Å². The van der Waals surface area contributed by atoms with Crippen LogP contribution in [0.2, 0.25) is 0 Å². The highest BCUT2D eigenvalue weighted by molar-refractivity contribution is 5.80. The molecule has 1 rings (SSSR count). The van der Waals surface area contributed by atoms with Crippen LogP contribution in [-0.4, -0.2) is 24.1 Å². The number of hydrogen-bond donors (Lipinski definition) is 1. The second kappa shape index (κ2) is 4.66. The van der Waals surface area contributed by atoms with E-state index in [2.05, 4.69) is 0 Å². The lowest BCUT2D eigenvalue weighted by Crippen LogP contribution is -2.15. The van der Waals surface area contributed by atoms with Gasteiger partial charge in [0.2, 0.25) is 0 Å². The van der Waals surface area contributed by atoms with Gasteiger partial charge >= 0.3 is 0 Å². The molecule has 0 aliphatic rings. The third-order valence-corrected chi connectivity index (χ3v) is 1.46. The summed E-state index contributed by atoms with van der Waals surface area (Å²) < 4.78 is 30.0. The molecule has 0 saturated carbocycles. The van der Waals surface area contributed by atoms with Crippen molar-refractivity contribution in [2.75, 3.05) is 13.2 Å². The van der Waals surface area contributed by atoms with E-state index < -0.39 is 30.6 Å². The molecule has 1 aromatic rings. The van der Waals surface area contributed by atoms with Gasteiger partial charge in [0.25, 0.3) is 0 Å². The lowest BCUT2D eigenvalue weighted by atomic mass is 10.3. The summed E-state index contributed by atoms with van der Waals surface area (Å²) in [6.07, 6.45) is 0. The molecule has 0 aliphatic heterocycles. The van der Waals surface area contributed by atoms with Gasteiger partial charge in [-0.05, 0) is 12.1 Å². The summed E-state index contributed by atoms with van der Waals surface area (Å²) in [4.78, 5) is 10.6. The van der Waals surface area contributed by atoms with Crippen LogP contribution in [0.4, 0.5) is 8.78 Å². The van der Waals surface area contributed by atoms with Crippen LogP contribution < -0.4 is 4.74 Å². The fourth-order valence-corrected chi connectivity index (χ4v) is 0.796. The Balaban J connectivity index is 2.63. The van der Waals surface area contributed by atoms with Gasteiger partial charge in [0.05, 0.1) is 0 Å². The summed E-state index contributed by atoms with van der Waals surface area (Å²) >= 11 is 0. The maximum atomic E-state index is 12.9. The molecule has 3 nitrogen and oxygen atoms in total. The van der Waals surface area contributed by atoms with Gasteiger partial charge in [0, 0.05) is 6.07 Å². The zero-order valence-electron chi connectivity index (χ0n) is 7.17. The number of carbonyl (C=O) groups excluding carboxylic acids is 1. The monoisotopic (exact) mass is 202 g/mol. The van der Waals surface area contributed by atoms with Crippen LogP contribution in [0.3, 0.4) is 0 Å². The van der Waals surface area contributed by atoms with Gasteiger partial charge in [-0.25, -0.2) is 8.78 Å². The van der Waals surface area contributed by atoms with Gasteiger partial charge in [-0.1, -0.05) is 0 Å². The number of rotatable bonds is 4. The molecule has 0 saturated heterocycles. The molecule has 14 heavy (non-hydrogen) atoms. The van der Waals surface area contributed by atoms with Gasteiger partial charge in [-0.2, -0.15) is 0 Å². The van der Waals surface area contributed by atoms with Gasteiger partial charge in [-0.3, -0.25) is 4.79 Å². The van der Waals surface area contributed by atoms with Crippen molar-refractivity contribution in [3.63, 3.8) is 0 Å². The molecule has 1 N–H and O–H groups in total. The molecule has 0 aliphatic carbocycles. The molecule has 76 valence electrons. The van der Waals surface area contributed by atoms with Gasteiger partial charge < -0.3 is 9.84 Å². The first kappa shape index (κ1) is 10.6. The van der Waals surface area contributed by atoms with E-state index in [1.807, 2.05) is 0 Å². The summed E-state index contributed by atoms with van der Waals surface area (Å²) in [5.74, 6) is -2.39. The molecule has 0 bridgehead atoms. The van der Waals surface area contributed by atoms with Crippen LogP contribution in [0.1, 0.15) is 0 Å². The second-order valence-corrected chi connectivity index (χ2v) is 2.56. The van der Waals surface area contributed by atoms with Crippen molar-refractivity contribution in [1.29, 1.82) is 0 Å². The smallest absolute Gasteiger partial charge is 0.195 e. The normalized spacial score (nSPS) is 9.93. The van der Waals surface area contributed by atoms with Crippen LogP contribution in [0.25, 0.3) is 0 Å². The Hall–Kier alpha value is -1.49. The number of benzene rings is 1. The fraction of sp³-hybridized carbons (Fsp3) is 0.222. The predicted molar refractivity (Wildman–Crippen MR) is 43.9 cm³/mol. The molecule has 0 atom stereocenters. The summed E-state index contributed by atoms with van der Waals surface area (Å²) in [6.45, 7) is -1.10. The third kappa shape index (κ3) is 2.77. The van der Waals surface area contributed by atoms with E-state index in [-0.39, 0.29) is 5.75 Å². The van der Waals surface area contributed by atoms with Crippen molar-refractivity contribution in [2.24, 2.45) is 0 Å². The van der Waals surface area contributed by atoms with Crippen molar-refractivity contribution < 1.29 is 23.4 Å². The zero-order valence-corrected chi connectivity index (χ0v) is 7.17. The first-order chi connectivity index (χ1) is 6.63. The Bertz CT molecular complexity index is 339. The van der Waals surface area contributed by atoms with Crippen molar-refractivity contribution in [3.05, 3.63) is 29.8 Å². The van der Waals surface area contributed by atoms with E-state index in [0.717, 1.165) is 12.1 Å². The summed E-state index contributed by atoms with van der Waals surface area (Å²) in [7, 11) is 0. The average Bonchev–Trinajstić information content (AvgIpc) is 2.16. The molecule has 0 radical (unpaired) electrons. The van der Waals surface area contributed by atoms with Crippen LogP contribution >= 0.6 is 0 Å². The number of aliphatic hydroxyl groups is 1. The molecule has 5 heteroatoms. The minimum atomic E-state index is -0.879. The number of aliphatic hydroxyl groups excluding tert-OH is 1. The lowest BCUT2D eigenvalue weighted by molar-refractivity contribution is -0.123. The topological polar surface area (TPSA) is 46.5 Å². The molecule has 0 heterocycles. The maximum Gasteiger partial charge on any atom is 0.195 e. The molecule has 0 amide bonds. The molecular formula is C9H8F2O3. The Labute approximate surface area is 78.9 Å². The van der Waals surface area contributed by atoms with Gasteiger partial charge in [0.15, 0.2) is 17.3 Å². The number of hydrogen-bond acceptors (Lipinski definition) is 3. The van der Waals surface area contributed by atoms with E-state index in [9.17, 15) is 13.6 Å². The first-order valence-electron chi connectivity index (χ1n) is 3.84. The van der Waals surface area contributed by atoms with Crippen molar-refractivity contribution in [3.8, 4) is 5.75 Å². The molecule has 0 fully saturated rings. The average molecular weight is 202 g/mol. The van der Waals surface area contributed by atoms with Crippen molar-refractivity contribution in [2.45, 2.75) is 0 Å². The summed E-state index contributed by atoms with van der Waals surface area (Å²) in [5, 5.41) is 8.34. The van der Waals surface area contributed by atoms with E-state index in [4.69, 9.17) is 9.84 Å². The highest BCUT2D eigenvalue weighted by Gasteiger charge is 2.06. The standard InChI is InChI=1S/C9H8F2O3/c10-6-1-2-9(8(11)3-6)14-5-7(13)4-12/h1-3,12H,4-5H2. The Morgan fingerprint density at radius 1 is 1.43 bits per heavy atom. The quantitative estimate of drug-likeness (QED) is 0.789. The summed E-state index contributed by atoms with van der Waals surface area (Å²) in [5.41, 5.74) is 0. The van der Waals surface area contributed by atoms with Crippen LogP contribution in [0, 0.1) is 11.6 Å². The minimum Gasteiger partial charge on any atom is -0.483 e. The largest absolute Gasteiger partial charge is 0.483 e. The molecule has 0 aromatic heterocycles. The number of carbonyl (C=O) groups is 1. The highest BCUT2D eigenvalue weighted by atomic mass is 19.1. The number of Topliss-reactive ketones (excluding diaryl/α,β-unsaturated/α-hetero) is 1. The van der Waals surface area contributed by atoms with Crippen LogP contribution in [0.15, 0.2) is 18.2 Å². The Kier molecular flexibility index (Phi) is 3.53. The minimum absolute atomic E-state index is 0.215. The number of ether oxygens (including phenoxy) is 1. The van der Waals surface area contributed by atoms with E-state index in [0.29, 0.717) is 6.07 Å². The van der Waals surface area contributed by atoms with E-state index >= 15 is 0 Å². The number of halogens is 2. The second-order valence-electron chi connectivity index (χ2n) is 2.56. The van der Waals surface area contributed by atoms with Crippen LogP contribution in [-0.2, 0) is 4.79 Å². The molecule has 0 unspecified atom stereocenters. The fourth-order valence-electron chi connectivity index (χ4n) is 0.796. The number of ketones is 1. The van der Waals surface area contributed by atoms with E-state index in [1.165, 1.54) is 0 Å². The molecular weight excluding hydrogens is 194 g/mol. The van der Waals surface area contributed by atoms with Crippen molar-refractivity contribution >= 4 is 5.78 Å². The third-order valence-electron chi connectivity index (χ3n) is 1.46. The van der Waals surface area contributed by atoms with Gasteiger partial charge in [-0.15, -0.1) is 0 Å². The van der Waals surface area contributed by atoms with Gasteiger partial charge in [0.1, 0.15) is 19.0 Å². The first-order valence-corrected chi connectivity index (χ1v) is 3.84. The SMILES string of the molecule is O=C(CO)COc1ccc(F)cc1F. The van der Waals surface area contributed by atoms with Crippen LogP contribution in [0.5, 0.6) is 5.75 Å².